The second-order valence-corrected chi connectivity index (χ2v) is 6.08. The summed E-state index contributed by atoms with van der Waals surface area (Å²) in [6.07, 6.45) is 2.31. The predicted molar refractivity (Wildman–Crippen MR) is 95.8 cm³/mol. The molecule has 0 saturated heterocycles. The lowest BCUT2D eigenvalue weighted by molar-refractivity contribution is -0.142. The molecule has 2 heterocycles. The van der Waals surface area contributed by atoms with Crippen molar-refractivity contribution in [2.75, 3.05) is 13.9 Å². The first-order chi connectivity index (χ1) is 12.7. The molecule has 132 valence electrons. The Balaban J connectivity index is 1.75. The van der Waals surface area contributed by atoms with Gasteiger partial charge in [-0.15, -0.1) is 0 Å². The van der Waals surface area contributed by atoms with E-state index in [9.17, 15) is 4.79 Å². The van der Waals surface area contributed by atoms with Crippen LogP contribution in [0.1, 0.15) is 12.0 Å². The van der Waals surface area contributed by atoms with Crippen molar-refractivity contribution < 1.29 is 19.0 Å². The Kier molecular flexibility index (Phi) is 4.18. The summed E-state index contributed by atoms with van der Waals surface area (Å²) >= 11 is 0. The standard InChI is InChI=1S/C20H18N2O4/c1-24-20(23)15(21)10-14-13-4-2-3-5-16(13)22-17(14)8-12-6-7-18-19(9-12)26-11-25-18/h2-9,15H,10-11,21H2,1H3/t15-/m1/s1. The topological polar surface area (TPSA) is 83.1 Å². The van der Waals surface area contributed by atoms with Crippen LogP contribution < -0.4 is 25.8 Å². The smallest absolute Gasteiger partial charge is 0.322 e. The van der Waals surface area contributed by atoms with E-state index < -0.39 is 12.0 Å². The fraction of sp³-hybridized carbons (Fsp3) is 0.200. The predicted octanol–water partition coefficient (Wildman–Crippen LogP) is 1.13. The first-order valence-electron chi connectivity index (χ1n) is 8.28. The normalized spacial score (nSPS) is 17.0. The van der Waals surface area contributed by atoms with Crippen molar-refractivity contribution in [3.8, 4) is 11.5 Å². The number of carbonyl (C=O) groups excluding carboxylic acids is 1. The van der Waals surface area contributed by atoms with Gasteiger partial charge in [-0.2, -0.15) is 0 Å². The van der Waals surface area contributed by atoms with Gasteiger partial charge in [-0.25, -0.2) is 4.99 Å². The zero-order valence-corrected chi connectivity index (χ0v) is 14.3. The molecule has 4 rings (SSSR count). The van der Waals surface area contributed by atoms with Gasteiger partial charge >= 0.3 is 5.97 Å². The molecule has 0 saturated carbocycles. The van der Waals surface area contributed by atoms with E-state index in [0.29, 0.717) is 12.2 Å². The van der Waals surface area contributed by atoms with Gasteiger partial charge in [-0.1, -0.05) is 24.3 Å². The number of hydrogen-bond acceptors (Lipinski definition) is 6. The van der Waals surface area contributed by atoms with Crippen LogP contribution in [0, 0.1) is 0 Å². The van der Waals surface area contributed by atoms with Crippen molar-refractivity contribution in [3.63, 3.8) is 0 Å². The molecule has 2 aromatic carbocycles. The molecule has 0 amide bonds. The minimum absolute atomic E-state index is 0.233. The number of benzene rings is 2. The Hall–Kier alpha value is -3.12. The van der Waals surface area contributed by atoms with E-state index in [1.165, 1.54) is 7.11 Å². The molecule has 2 N–H and O–H groups in total. The third kappa shape index (κ3) is 2.95. The van der Waals surface area contributed by atoms with Crippen molar-refractivity contribution in [3.05, 3.63) is 64.3 Å². The van der Waals surface area contributed by atoms with Gasteiger partial charge in [-0.05, 0) is 35.4 Å². The Morgan fingerprint density at radius 3 is 2.92 bits per heavy atom. The third-order valence-electron chi connectivity index (χ3n) is 4.41. The van der Waals surface area contributed by atoms with Gasteiger partial charge in [0.25, 0.3) is 0 Å². The quantitative estimate of drug-likeness (QED) is 0.836. The van der Waals surface area contributed by atoms with Crippen LogP contribution in [0.4, 0.5) is 0 Å². The maximum atomic E-state index is 11.8. The van der Waals surface area contributed by atoms with Gasteiger partial charge in [0.1, 0.15) is 6.04 Å². The van der Waals surface area contributed by atoms with Crippen molar-refractivity contribution >= 4 is 17.6 Å². The van der Waals surface area contributed by atoms with Gasteiger partial charge in [0.2, 0.25) is 6.79 Å². The fourth-order valence-corrected chi connectivity index (χ4v) is 3.11. The van der Waals surface area contributed by atoms with Crippen LogP contribution in [0.3, 0.4) is 0 Å². The first-order valence-corrected chi connectivity index (χ1v) is 8.28. The Labute approximate surface area is 150 Å². The maximum absolute atomic E-state index is 11.8. The third-order valence-corrected chi connectivity index (χ3v) is 4.41. The fourth-order valence-electron chi connectivity index (χ4n) is 3.11. The maximum Gasteiger partial charge on any atom is 0.322 e. The minimum atomic E-state index is -0.739. The number of fused-ring (bicyclic) bond motifs is 2. The van der Waals surface area contributed by atoms with Crippen LogP contribution >= 0.6 is 0 Å². The first kappa shape index (κ1) is 16.4. The highest BCUT2D eigenvalue weighted by molar-refractivity contribution is 5.82. The van der Waals surface area contributed by atoms with Crippen LogP contribution in [0.5, 0.6) is 11.5 Å². The Morgan fingerprint density at radius 1 is 1.27 bits per heavy atom. The number of ether oxygens (including phenoxy) is 3. The van der Waals surface area contributed by atoms with E-state index in [0.717, 1.165) is 33.2 Å². The Morgan fingerprint density at radius 2 is 2.08 bits per heavy atom. The Bertz CT molecular complexity index is 1030. The summed E-state index contributed by atoms with van der Waals surface area (Å²) in [4.78, 5) is 16.5. The van der Waals surface area contributed by atoms with Crippen LogP contribution in [0.15, 0.2) is 53.2 Å². The van der Waals surface area contributed by atoms with Crippen LogP contribution in [0.2, 0.25) is 0 Å². The zero-order valence-electron chi connectivity index (χ0n) is 14.3. The summed E-state index contributed by atoms with van der Waals surface area (Å²) < 4.78 is 15.5. The molecule has 0 unspecified atom stereocenters. The number of nitrogens with two attached hydrogens (primary N) is 1. The SMILES string of the molecule is COC(=O)[C@H](N)CC1=c2ccccc2=NC1=Cc1ccc2c(c1)OCO2. The molecule has 0 bridgehead atoms. The number of nitrogens with zero attached hydrogens (tertiary/aromatic N) is 1. The molecular weight excluding hydrogens is 332 g/mol. The monoisotopic (exact) mass is 350 g/mol. The lowest BCUT2D eigenvalue weighted by Crippen LogP contribution is -2.33. The van der Waals surface area contributed by atoms with Gasteiger partial charge < -0.3 is 19.9 Å². The lowest BCUT2D eigenvalue weighted by Gasteiger charge is -2.11. The van der Waals surface area contributed by atoms with E-state index in [1.807, 2.05) is 48.5 Å². The number of hydrogen-bond donors (Lipinski definition) is 1. The number of para-hydroxylation sites is 1. The highest BCUT2D eigenvalue weighted by Crippen LogP contribution is 2.33. The molecule has 0 aromatic heterocycles. The van der Waals surface area contributed by atoms with Crippen molar-refractivity contribution in [2.24, 2.45) is 10.7 Å². The second kappa shape index (κ2) is 6.65. The summed E-state index contributed by atoms with van der Waals surface area (Å²) in [5, 5.41) is 1.85. The van der Waals surface area contributed by atoms with Crippen LogP contribution in [-0.2, 0) is 9.53 Å². The number of methoxy groups -OCH3 is 1. The molecular formula is C20H18N2O4. The molecule has 2 aliphatic rings. The lowest BCUT2D eigenvalue weighted by atomic mass is 10.0. The number of esters is 1. The summed E-state index contributed by atoms with van der Waals surface area (Å²) in [5.74, 6) is 1.00. The van der Waals surface area contributed by atoms with Crippen LogP contribution in [0.25, 0.3) is 11.6 Å². The molecule has 1 atom stereocenters. The van der Waals surface area contributed by atoms with E-state index in [1.54, 1.807) is 0 Å². The second-order valence-electron chi connectivity index (χ2n) is 6.08. The highest BCUT2D eigenvalue weighted by Gasteiger charge is 2.21. The molecule has 0 spiro atoms. The largest absolute Gasteiger partial charge is 0.468 e. The van der Waals surface area contributed by atoms with Crippen molar-refractivity contribution in [2.45, 2.75) is 12.5 Å². The average Bonchev–Trinajstić information content (AvgIpc) is 3.25. The summed E-state index contributed by atoms with van der Waals surface area (Å²) in [7, 11) is 1.34. The molecule has 6 nitrogen and oxygen atoms in total. The molecule has 6 heteroatoms. The molecule has 0 radical (unpaired) electrons. The average molecular weight is 350 g/mol. The molecule has 0 fully saturated rings. The van der Waals surface area contributed by atoms with E-state index in [4.69, 9.17) is 24.9 Å². The zero-order chi connectivity index (χ0) is 18.1. The van der Waals surface area contributed by atoms with Crippen molar-refractivity contribution in [1.82, 2.24) is 0 Å². The van der Waals surface area contributed by atoms with Crippen molar-refractivity contribution in [1.29, 1.82) is 0 Å². The van der Waals surface area contributed by atoms with Crippen LogP contribution in [-0.4, -0.2) is 25.9 Å². The number of rotatable bonds is 4. The minimum Gasteiger partial charge on any atom is -0.468 e. The van der Waals surface area contributed by atoms with Gasteiger partial charge in [-0.3, -0.25) is 4.79 Å². The summed E-state index contributed by atoms with van der Waals surface area (Å²) in [5.41, 5.74) is 8.64. The molecule has 0 aliphatic carbocycles. The van der Waals surface area contributed by atoms with Gasteiger partial charge in [0, 0.05) is 11.6 Å². The summed E-state index contributed by atoms with van der Waals surface area (Å²) in [6, 6.07) is 12.8. The molecule has 2 aliphatic heterocycles. The summed E-state index contributed by atoms with van der Waals surface area (Å²) in [6.45, 7) is 0.233. The van der Waals surface area contributed by atoms with Gasteiger partial charge in [0.15, 0.2) is 11.5 Å². The molecule has 26 heavy (non-hydrogen) atoms. The van der Waals surface area contributed by atoms with E-state index in [2.05, 4.69) is 0 Å². The number of carbonyl (C=O) groups is 1. The van der Waals surface area contributed by atoms with E-state index in [-0.39, 0.29) is 6.79 Å². The highest BCUT2D eigenvalue weighted by atomic mass is 16.7. The van der Waals surface area contributed by atoms with Gasteiger partial charge in [0.05, 0.1) is 18.2 Å². The van der Waals surface area contributed by atoms with E-state index >= 15 is 0 Å². The number of allylic oxidation sites excluding steroid dienone is 1. The molecule has 2 aromatic rings.